The van der Waals surface area contributed by atoms with Crippen LogP contribution < -0.4 is 21.1 Å². The van der Waals surface area contributed by atoms with Crippen LogP contribution in [0.15, 0.2) is 36.4 Å². The Kier molecular flexibility index (Phi) is 3.86. The van der Waals surface area contributed by atoms with Crippen LogP contribution in [0.1, 0.15) is 5.69 Å². The van der Waals surface area contributed by atoms with E-state index in [1.807, 2.05) is 6.07 Å². The van der Waals surface area contributed by atoms with Crippen molar-refractivity contribution in [3.05, 3.63) is 47.1 Å². The van der Waals surface area contributed by atoms with Crippen LogP contribution in [-0.2, 0) is 6.54 Å². The number of hydrazine groups is 1. The van der Waals surface area contributed by atoms with Gasteiger partial charge in [0.05, 0.1) is 28.6 Å². The van der Waals surface area contributed by atoms with E-state index in [9.17, 15) is 0 Å². The lowest BCUT2D eigenvalue weighted by molar-refractivity contribution is 0.725. The lowest BCUT2D eigenvalue weighted by atomic mass is 10.1. The molecule has 0 unspecified atom stereocenters. The van der Waals surface area contributed by atoms with Gasteiger partial charge in [-0.25, -0.2) is 10.8 Å². The zero-order valence-corrected chi connectivity index (χ0v) is 12.6. The summed E-state index contributed by atoms with van der Waals surface area (Å²) in [4.78, 5) is 9.01. The number of pyridine rings is 1. The Morgan fingerprint density at radius 1 is 1.19 bits per heavy atom. The van der Waals surface area contributed by atoms with Crippen LogP contribution in [-0.4, -0.2) is 25.1 Å². The summed E-state index contributed by atoms with van der Waals surface area (Å²) >= 11 is 6.26. The van der Waals surface area contributed by atoms with Gasteiger partial charge < -0.3 is 15.2 Å². The average molecular weight is 304 g/mol. The number of aromatic nitrogens is 1. The van der Waals surface area contributed by atoms with E-state index in [1.54, 1.807) is 6.07 Å². The van der Waals surface area contributed by atoms with E-state index in [4.69, 9.17) is 17.4 Å². The molecule has 0 saturated heterocycles. The van der Waals surface area contributed by atoms with Gasteiger partial charge in [-0.15, -0.1) is 0 Å². The summed E-state index contributed by atoms with van der Waals surface area (Å²) < 4.78 is 0. The summed E-state index contributed by atoms with van der Waals surface area (Å²) in [7, 11) is 2.11. The molecule has 110 valence electrons. The third-order valence-corrected chi connectivity index (χ3v) is 4.09. The van der Waals surface area contributed by atoms with E-state index < -0.39 is 0 Å². The van der Waals surface area contributed by atoms with Crippen molar-refractivity contribution in [2.75, 3.05) is 35.4 Å². The van der Waals surface area contributed by atoms with E-state index >= 15 is 0 Å². The molecule has 0 saturated carbocycles. The quantitative estimate of drug-likeness (QED) is 0.674. The van der Waals surface area contributed by atoms with Gasteiger partial charge in [0, 0.05) is 20.1 Å². The Labute approximate surface area is 129 Å². The number of fused-ring (bicyclic) bond motifs is 1. The summed E-state index contributed by atoms with van der Waals surface area (Å²) in [6.07, 6.45) is 0. The molecule has 0 atom stereocenters. The third kappa shape index (κ3) is 2.75. The highest BCUT2D eigenvalue weighted by Crippen LogP contribution is 2.33. The molecule has 21 heavy (non-hydrogen) atoms. The Morgan fingerprint density at radius 3 is 2.71 bits per heavy atom. The lowest BCUT2D eigenvalue weighted by Gasteiger charge is -2.37. The molecule has 1 aliphatic rings. The number of benzene rings is 1. The number of anilines is 3. The second-order valence-electron chi connectivity index (χ2n) is 5.10. The fourth-order valence-electron chi connectivity index (χ4n) is 2.59. The maximum atomic E-state index is 6.26. The molecule has 3 rings (SSSR count). The number of likely N-dealkylation sites (N-methyl/N-ethyl adjacent to an activating group) is 1. The molecule has 6 heteroatoms. The number of nitrogens with one attached hydrogen (secondary N) is 1. The molecule has 2 heterocycles. The van der Waals surface area contributed by atoms with E-state index in [0.29, 0.717) is 17.4 Å². The summed E-state index contributed by atoms with van der Waals surface area (Å²) in [5.41, 5.74) is 5.82. The highest BCUT2D eigenvalue weighted by molar-refractivity contribution is 6.31. The Morgan fingerprint density at radius 2 is 1.95 bits per heavy atom. The summed E-state index contributed by atoms with van der Waals surface area (Å²) in [5, 5.41) is 0.658. The van der Waals surface area contributed by atoms with E-state index in [1.165, 1.54) is 11.4 Å². The highest BCUT2D eigenvalue weighted by atomic mass is 35.5. The second kappa shape index (κ2) is 5.79. The molecule has 0 bridgehead atoms. The molecule has 1 aliphatic heterocycles. The minimum Gasteiger partial charge on any atom is -0.371 e. The maximum absolute atomic E-state index is 6.26. The zero-order chi connectivity index (χ0) is 14.8. The number of hydrogen-bond acceptors (Lipinski definition) is 5. The van der Waals surface area contributed by atoms with Gasteiger partial charge in [0.1, 0.15) is 5.82 Å². The molecular weight excluding hydrogens is 286 g/mol. The largest absolute Gasteiger partial charge is 0.371 e. The fourth-order valence-corrected chi connectivity index (χ4v) is 2.75. The first-order valence-corrected chi connectivity index (χ1v) is 7.24. The molecule has 0 aliphatic carbocycles. The fraction of sp³-hybridized carbons (Fsp3) is 0.267. The van der Waals surface area contributed by atoms with Gasteiger partial charge in [-0.3, -0.25) is 0 Å². The van der Waals surface area contributed by atoms with Gasteiger partial charge in [-0.1, -0.05) is 23.7 Å². The topological polar surface area (TPSA) is 57.4 Å². The van der Waals surface area contributed by atoms with Crippen molar-refractivity contribution in [3.63, 3.8) is 0 Å². The molecular formula is C15H18ClN5. The number of hydrogen-bond donors (Lipinski definition) is 2. The predicted molar refractivity (Wildman–Crippen MR) is 87.8 cm³/mol. The van der Waals surface area contributed by atoms with Crippen LogP contribution in [0.4, 0.5) is 17.2 Å². The predicted octanol–water partition coefficient (Wildman–Crippen LogP) is 2.48. The molecule has 1 aromatic carbocycles. The SMILES string of the molecule is CN1CCN(Cc2nc(NN)ccc2Cl)c2ccccc21. The van der Waals surface area contributed by atoms with Crippen LogP contribution in [0, 0.1) is 0 Å². The summed E-state index contributed by atoms with van der Waals surface area (Å²) in [5.74, 6) is 6.04. The smallest absolute Gasteiger partial charge is 0.140 e. The number of nitrogens with zero attached hydrogens (tertiary/aromatic N) is 3. The molecule has 2 aromatic rings. The van der Waals surface area contributed by atoms with Gasteiger partial charge in [0.2, 0.25) is 0 Å². The number of nitrogens with two attached hydrogens (primary N) is 1. The minimum atomic E-state index is 0.622. The normalized spacial score (nSPS) is 14.0. The van der Waals surface area contributed by atoms with E-state index in [0.717, 1.165) is 18.8 Å². The van der Waals surface area contributed by atoms with Crippen LogP contribution >= 0.6 is 11.6 Å². The van der Waals surface area contributed by atoms with Crippen molar-refractivity contribution < 1.29 is 0 Å². The van der Waals surface area contributed by atoms with Crippen LogP contribution in [0.5, 0.6) is 0 Å². The van der Waals surface area contributed by atoms with Crippen molar-refractivity contribution in [2.45, 2.75) is 6.54 Å². The monoisotopic (exact) mass is 303 g/mol. The maximum Gasteiger partial charge on any atom is 0.140 e. The molecule has 0 amide bonds. The van der Waals surface area contributed by atoms with E-state index in [-0.39, 0.29) is 0 Å². The first-order chi connectivity index (χ1) is 10.2. The van der Waals surface area contributed by atoms with Crippen molar-refractivity contribution in [3.8, 4) is 0 Å². The number of halogens is 1. The second-order valence-corrected chi connectivity index (χ2v) is 5.51. The first-order valence-electron chi connectivity index (χ1n) is 6.86. The van der Waals surface area contributed by atoms with Gasteiger partial charge >= 0.3 is 0 Å². The molecule has 3 N–H and O–H groups in total. The van der Waals surface area contributed by atoms with Crippen LogP contribution in [0.25, 0.3) is 0 Å². The Hall–Kier alpha value is -1.98. The number of nitrogen functional groups attached to an aromatic ring is 1. The van der Waals surface area contributed by atoms with Crippen molar-refractivity contribution in [2.24, 2.45) is 5.84 Å². The standard InChI is InChI=1S/C15H18ClN5/c1-20-8-9-21(14-5-3-2-4-13(14)20)10-12-11(16)6-7-15(18-12)19-17/h2-7H,8-10,17H2,1H3,(H,18,19). The van der Waals surface area contributed by atoms with Crippen molar-refractivity contribution >= 4 is 28.8 Å². The highest BCUT2D eigenvalue weighted by Gasteiger charge is 2.21. The average Bonchev–Trinajstić information content (AvgIpc) is 2.52. The molecule has 0 spiro atoms. The Balaban J connectivity index is 1.91. The number of rotatable bonds is 3. The lowest BCUT2D eigenvalue weighted by Crippen LogP contribution is -2.39. The van der Waals surface area contributed by atoms with Gasteiger partial charge in [-0.2, -0.15) is 0 Å². The molecule has 0 radical (unpaired) electrons. The van der Waals surface area contributed by atoms with E-state index in [2.05, 4.69) is 51.5 Å². The third-order valence-electron chi connectivity index (χ3n) is 3.75. The van der Waals surface area contributed by atoms with Crippen LogP contribution in [0.2, 0.25) is 5.02 Å². The van der Waals surface area contributed by atoms with Gasteiger partial charge in [0.15, 0.2) is 0 Å². The molecule has 5 nitrogen and oxygen atoms in total. The Bertz CT molecular complexity index is 646. The van der Waals surface area contributed by atoms with Gasteiger partial charge in [0.25, 0.3) is 0 Å². The number of para-hydroxylation sites is 2. The van der Waals surface area contributed by atoms with Crippen LogP contribution in [0.3, 0.4) is 0 Å². The zero-order valence-electron chi connectivity index (χ0n) is 11.9. The first kappa shape index (κ1) is 14.0. The molecule has 0 fully saturated rings. The molecule has 1 aromatic heterocycles. The van der Waals surface area contributed by atoms with Crippen molar-refractivity contribution in [1.82, 2.24) is 4.98 Å². The minimum absolute atomic E-state index is 0.622. The summed E-state index contributed by atoms with van der Waals surface area (Å²) in [6.45, 7) is 2.58. The summed E-state index contributed by atoms with van der Waals surface area (Å²) in [6, 6.07) is 12.0. The van der Waals surface area contributed by atoms with Crippen molar-refractivity contribution in [1.29, 1.82) is 0 Å². The van der Waals surface area contributed by atoms with Gasteiger partial charge in [-0.05, 0) is 24.3 Å².